The average Bonchev–Trinajstić information content (AvgIpc) is 3.42. The molecule has 2 fully saturated rings. The molecule has 3 unspecified atom stereocenters. The van der Waals surface area contributed by atoms with Gasteiger partial charge in [0.2, 0.25) is 5.91 Å². The van der Waals surface area contributed by atoms with Crippen molar-refractivity contribution in [1.82, 2.24) is 16.2 Å². The summed E-state index contributed by atoms with van der Waals surface area (Å²) in [5, 5.41) is 6.93. The molecule has 1 aromatic heterocycles. The van der Waals surface area contributed by atoms with Crippen molar-refractivity contribution in [3.63, 3.8) is 0 Å². The topological polar surface area (TPSA) is 95.4 Å². The van der Waals surface area contributed by atoms with Crippen molar-refractivity contribution in [3.8, 4) is 0 Å². The van der Waals surface area contributed by atoms with Crippen LogP contribution < -0.4 is 21.5 Å². The molecule has 7 heteroatoms. The normalized spacial score (nSPS) is 22.8. The number of furan rings is 1. The first-order valence-corrected chi connectivity index (χ1v) is 10.8. The quantitative estimate of drug-likeness (QED) is 0.511. The summed E-state index contributed by atoms with van der Waals surface area (Å²) >= 11 is 0. The number of hydrogen-bond acceptors (Lipinski definition) is 5. The number of amides is 2. The van der Waals surface area contributed by atoms with Gasteiger partial charge in [-0.25, -0.2) is 0 Å². The molecule has 4 N–H and O–H groups in total. The molecule has 31 heavy (non-hydrogen) atoms. The van der Waals surface area contributed by atoms with E-state index in [0.29, 0.717) is 29.7 Å². The van der Waals surface area contributed by atoms with E-state index in [9.17, 15) is 9.59 Å². The number of hydrazine groups is 1. The zero-order chi connectivity index (χ0) is 21.2. The molecule has 2 aliphatic rings. The van der Waals surface area contributed by atoms with Crippen LogP contribution in [0.25, 0.3) is 11.0 Å². The fourth-order valence-corrected chi connectivity index (χ4v) is 4.64. The van der Waals surface area contributed by atoms with Crippen LogP contribution in [0.4, 0.5) is 5.69 Å². The Morgan fingerprint density at radius 2 is 1.90 bits per heavy atom. The van der Waals surface area contributed by atoms with E-state index in [0.717, 1.165) is 30.3 Å². The Labute approximate surface area is 180 Å². The Kier molecular flexibility index (Phi) is 5.44. The van der Waals surface area contributed by atoms with Crippen LogP contribution in [-0.2, 0) is 11.2 Å². The summed E-state index contributed by atoms with van der Waals surface area (Å²) in [6.07, 6.45) is 3.68. The highest BCUT2D eigenvalue weighted by Crippen LogP contribution is 2.27. The molecule has 0 radical (unpaired) electrons. The lowest BCUT2D eigenvalue weighted by Crippen LogP contribution is -2.53. The second kappa shape index (κ2) is 8.53. The minimum atomic E-state index is -0.300. The van der Waals surface area contributed by atoms with Crippen molar-refractivity contribution in [2.75, 3.05) is 11.9 Å². The summed E-state index contributed by atoms with van der Waals surface area (Å²) in [7, 11) is 0. The third-order valence-corrected chi connectivity index (χ3v) is 6.24. The van der Waals surface area contributed by atoms with Crippen molar-refractivity contribution in [2.45, 2.75) is 37.8 Å². The minimum absolute atomic E-state index is 0.0263. The van der Waals surface area contributed by atoms with E-state index in [1.165, 1.54) is 6.42 Å². The molecule has 3 atom stereocenters. The van der Waals surface area contributed by atoms with Crippen LogP contribution in [0, 0.1) is 5.92 Å². The second-order valence-electron chi connectivity index (χ2n) is 8.39. The van der Waals surface area contributed by atoms with Crippen molar-refractivity contribution in [3.05, 3.63) is 65.9 Å². The zero-order valence-electron chi connectivity index (χ0n) is 17.2. The molecule has 2 heterocycles. The van der Waals surface area contributed by atoms with Gasteiger partial charge in [0.05, 0.1) is 6.42 Å². The van der Waals surface area contributed by atoms with Crippen LogP contribution in [0.5, 0.6) is 0 Å². The zero-order valence-corrected chi connectivity index (χ0v) is 17.2. The second-order valence-corrected chi connectivity index (χ2v) is 8.39. The SMILES string of the molecule is O=C(Cc1ccc(NC(=O)c2cc3ccccc3o2)cc1)NC1CCCC2CNNC21. The molecule has 5 rings (SSSR count). The van der Waals surface area contributed by atoms with Gasteiger partial charge in [-0.1, -0.05) is 36.8 Å². The molecule has 0 spiro atoms. The van der Waals surface area contributed by atoms with Gasteiger partial charge in [0.1, 0.15) is 5.58 Å². The van der Waals surface area contributed by atoms with E-state index in [1.54, 1.807) is 6.07 Å². The molecule has 0 bridgehead atoms. The number of anilines is 1. The summed E-state index contributed by atoms with van der Waals surface area (Å²) in [4.78, 5) is 25.0. The lowest BCUT2D eigenvalue weighted by atomic mass is 9.82. The highest BCUT2D eigenvalue weighted by atomic mass is 16.3. The van der Waals surface area contributed by atoms with Crippen LogP contribution in [-0.4, -0.2) is 30.4 Å². The monoisotopic (exact) mass is 418 g/mol. The molecule has 3 aromatic rings. The van der Waals surface area contributed by atoms with Crippen LogP contribution in [0.15, 0.2) is 59.0 Å². The van der Waals surface area contributed by atoms with E-state index in [1.807, 2.05) is 48.5 Å². The van der Waals surface area contributed by atoms with Crippen LogP contribution in [0.3, 0.4) is 0 Å². The molecular weight excluding hydrogens is 392 g/mol. The van der Waals surface area contributed by atoms with Crippen molar-refractivity contribution >= 4 is 28.5 Å². The maximum absolute atomic E-state index is 12.6. The van der Waals surface area contributed by atoms with Gasteiger partial charge in [0.15, 0.2) is 5.76 Å². The summed E-state index contributed by atoms with van der Waals surface area (Å²) in [6, 6.07) is 17.1. The van der Waals surface area contributed by atoms with Crippen molar-refractivity contribution in [2.24, 2.45) is 5.92 Å². The first-order chi connectivity index (χ1) is 15.2. The fraction of sp³-hybridized carbons (Fsp3) is 0.333. The maximum Gasteiger partial charge on any atom is 0.291 e. The largest absolute Gasteiger partial charge is 0.451 e. The van der Waals surface area contributed by atoms with E-state index < -0.39 is 0 Å². The fourth-order valence-electron chi connectivity index (χ4n) is 4.64. The minimum Gasteiger partial charge on any atom is -0.451 e. The van der Waals surface area contributed by atoms with Gasteiger partial charge < -0.3 is 15.1 Å². The Morgan fingerprint density at radius 1 is 1.06 bits per heavy atom. The maximum atomic E-state index is 12.6. The van der Waals surface area contributed by atoms with E-state index in [-0.39, 0.29) is 23.6 Å². The van der Waals surface area contributed by atoms with Gasteiger partial charge in [0.25, 0.3) is 5.91 Å². The van der Waals surface area contributed by atoms with Crippen LogP contribution in [0.2, 0.25) is 0 Å². The van der Waals surface area contributed by atoms with Crippen LogP contribution >= 0.6 is 0 Å². The summed E-state index contributed by atoms with van der Waals surface area (Å²) in [5.41, 5.74) is 8.78. The molecule has 2 amide bonds. The van der Waals surface area contributed by atoms with E-state index in [2.05, 4.69) is 21.5 Å². The van der Waals surface area contributed by atoms with Gasteiger partial charge in [-0.15, -0.1) is 0 Å². The first-order valence-electron chi connectivity index (χ1n) is 10.8. The number of para-hydroxylation sites is 1. The summed E-state index contributed by atoms with van der Waals surface area (Å²) < 4.78 is 5.61. The Bertz CT molecular complexity index is 1060. The number of carbonyl (C=O) groups excluding carboxylic acids is 2. The molecule has 1 saturated carbocycles. The van der Waals surface area contributed by atoms with Gasteiger partial charge in [-0.05, 0) is 48.6 Å². The molecule has 160 valence electrons. The van der Waals surface area contributed by atoms with Crippen molar-refractivity contribution in [1.29, 1.82) is 0 Å². The Hall–Kier alpha value is -3.16. The third-order valence-electron chi connectivity index (χ3n) is 6.24. The van der Waals surface area contributed by atoms with E-state index in [4.69, 9.17) is 4.42 Å². The highest BCUT2D eigenvalue weighted by Gasteiger charge is 2.37. The summed E-state index contributed by atoms with van der Waals surface area (Å²) in [5.74, 6) is 0.587. The Morgan fingerprint density at radius 3 is 2.74 bits per heavy atom. The number of hydrogen-bond donors (Lipinski definition) is 4. The lowest BCUT2D eigenvalue weighted by molar-refractivity contribution is -0.121. The number of nitrogens with one attached hydrogen (secondary N) is 4. The third kappa shape index (κ3) is 4.33. The first kappa shape index (κ1) is 19.8. The van der Waals surface area contributed by atoms with Crippen LogP contribution in [0.1, 0.15) is 35.4 Å². The predicted octanol–water partition coefficient (Wildman–Crippen LogP) is 2.99. The standard InChI is InChI=1S/C24H26N4O3/c29-22(27-19-6-3-5-17-14-25-28-23(17)19)12-15-8-10-18(11-9-15)26-24(30)21-13-16-4-1-2-7-20(16)31-21/h1-2,4,7-11,13,17,19,23,25,28H,3,5-6,12,14H2,(H,26,30)(H,27,29). The van der Waals surface area contributed by atoms with Gasteiger partial charge >= 0.3 is 0 Å². The number of carbonyl (C=O) groups is 2. The van der Waals surface area contributed by atoms with Crippen molar-refractivity contribution < 1.29 is 14.0 Å². The molecule has 7 nitrogen and oxygen atoms in total. The molecule has 2 aromatic carbocycles. The smallest absolute Gasteiger partial charge is 0.291 e. The van der Waals surface area contributed by atoms with Gasteiger partial charge in [-0.2, -0.15) is 0 Å². The number of benzene rings is 2. The highest BCUT2D eigenvalue weighted by molar-refractivity contribution is 6.04. The molecule has 1 aliphatic heterocycles. The number of fused-ring (bicyclic) bond motifs is 2. The molecule has 1 aliphatic carbocycles. The predicted molar refractivity (Wildman–Crippen MR) is 119 cm³/mol. The Balaban J connectivity index is 1.17. The molecule has 1 saturated heterocycles. The molecular formula is C24H26N4O3. The summed E-state index contributed by atoms with van der Waals surface area (Å²) in [6.45, 7) is 0.970. The average molecular weight is 418 g/mol. The van der Waals surface area contributed by atoms with E-state index >= 15 is 0 Å². The van der Waals surface area contributed by atoms with Gasteiger partial charge in [-0.3, -0.25) is 20.4 Å². The van der Waals surface area contributed by atoms with Gasteiger partial charge in [0, 0.05) is 29.7 Å². The number of rotatable bonds is 5. The lowest BCUT2D eigenvalue weighted by Gasteiger charge is -2.33.